The van der Waals surface area contributed by atoms with Crippen LogP contribution in [0.3, 0.4) is 0 Å². The molecule has 0 fully saturated rings. The van der Waals surface area contributed by atoms with E-state index < -0.39 is 0 Å². The van der Waals surface area contributed by atoms with Gasteiger partial charge in [0.2, 0.25) is 5.91 Å². The van der Waals surface area contributed by atoms with Crippen LogP contribution >= 0.6 is 0 Å². The summed E-state index contributed by atoms with van der Waals surface area (Å²) >= 11 is 0. The number of aromatic nitrogens is 3. The summed E-state index contributed by atoms with van der Waals surface area (Å²) in [6, 6.07) is 18.5. The average molecular weight is 524 g/mol. The lowest BCUT2D eigenvalue weighted by atomic mass is 10.0. The summed E-state index contributed by atoms with van der Waals surface area (Å²) in [5.74, 6) is -0.357. The number of carbonyl (C=O) groups is 2. The van der Waals surface area contributed by atoms with E-state index in [0.29, 0.717) is 41.2 Å². The molecule has 0 saturated carbocycles. The van der Waals surface area contributed by atoms with Crippen molar-refractivity contribution in [3.8, 4) is 28.6 Å². The number of amides is 2. The number of hydrogen-bond acceptors (Lipinski definition) is 6. The minimum absolute atomic E-state index is 0.105. The lowest BCUT2D eigenvalue weighted by Gasteiger charge is -2.24. The van der Waals surface area contributed by atoms with Gasteiger partial charge in [0.05, 0.1) is 40.5 Å². The fourth-order valence-electron chi connectivity index (χ4n) is 4.46. The Morgan fingerprint density at radius 3 is 2.41 bits per heavy atom. The van der Waals surface area contributed by atoms with Crippen LogP contribution in [0.2, 0.25) is 0 Å². The van der Waals surface area contributed by atoms with Crippen LogP contribution in [-0.2, 0) is 4.79 Å². The van der Waals surface area contributed by atoms with Crippen molar-refractivity contribution >= 4 is 23.1 Å². The molecule has 2 aromatic carbocycles. The smallest absolute Gasteiger partial charge is 0.255 e. The molecule has 4 rings (SSSR count). The number of rotatable bonds is 10. The Morgan fingerprint density at radius 2 is 1.74 bits per heavy atom. The SMILES string of the molecule is CCCN(CCCN(C)C)C(=O)c1ccc(-c2ccc3ncc(-c4ccc(C#N)cc4)n3n2)cc1NC(C)=O. The largest absolute Gasteiger partial charge is 0.339 e. The number of hydrogen-bond donors (Lipinski definition) is 1. The van der Waals surface area contributed by atoms with Gasteiger partial charge in [-0.2, -0.15) is 10.4 Å². The highest BCUT2D eigenvalue weighted by Gasteiger charge is 2.20. The molecule has 0 aliphatic rings. The quantitative estimate of drug-likeness (QED) is 0.323. The van der Waals surface area contributed by atoms with Crippen LogP contribution in [0.5, 0.6) is 0 Å². The van der Waals surface area contributed by atoms with Crippen molar-refractivity contribution in [1.82, 2.24) is 24.4 Å². The van der Waals surface area contributed by atoms with Gasteiger partial charge in [0, 0.05) is 31.1 Å². The highest BCUT2D eigenvalue weighted by molar-refractivity contribution is 6.04. The number of imidazole rings is 1. The van der Waals surface area contributed by atoms with Gasteiger partial charge in [-0.25, -0.2) is 9.50 Å². The number of nitrogens with zero attached hydrogens (tertiary/aromatic N) is 6. The maximum absolute atomic E-state index is 13.6. The Balaban J connectivity index is 1.69. The molecule has 200 valence electrons. The number of fused-ring (bicyclic) bond motifs is 1. The van der Waals surface area contributed by atoms with Gasteiger partial charge < -0.3 is 15.1 Å². The molecule has 39 heavy (non-hydrogen) atoms. The second-order valence-corrected chi connectivity index (χ2v) is 9.71. The molecule has 2 heterocycles. The monoisotopic (exact) mass is 523 g/mol. The fourth-order valence-corrected chi connectivity index (χ4v) is 4.46. The predicted octanol–water partition coefficient (Wildman–Crippen LogP) is 4.70. The molecule has 1 N–H and O–H groups in total. The maximum Gasteiger partial charge on any atom is 0.255 e. The molecule has 0 radical (unpaired) electrons. The first-order valence-electron chi connectivity index (χ1n) is 13.0. The Kier molecular flexibility index (Phi) is 8.69. The molecule has 0 spiro atoms. The van der Waals surface area contributed by atoms with E-state index >= 15 is 0 Å². The molecule has 9 heteroatoms. The predicted molar refractivity (Wildman–Crippen MR) is 152 cm³/mol. The Hall–Kier alpha value is -4.55. The van der Waals surface area contributed by atoms with E-state index in [2.05, 4.69) is 21.3 Å². The molecule has 2 aromatic heterocycles. The zero-order valence-electron chi connectivity index (χ0n) is 22.8. The van der Waals surface area contributed by atoms with Crippen LogP contribution in [0.25, 0.3) is 28.2 Å². The third-order valence-electron chi connectivity index (χ3n) is 6.34. The molecule has 4 aromatic rings. The number of benzene rings is 2. The van der Waals surface area contributed by atoms with E-state index in [1.54, 1.807) is 35.0 Å². The highest BCUT2D eigenvalue weighted by Crippen LogP contribution is 2.28. The van der Waals surface area contributed by atoms with Crippen LogP contribution in [-0.4, -0.2) is 69.9 Å². The maximum atomic E-state index is 13.6. The van der Waals surface area contributed by atoms with E-state index in [9.17, 15) is 9.59 Å². The molecular formula is C30H33N7O2. The lowest BCUT2D eigenvalue weighted by molar-refractivity contribution is -0.114. The summed E-state index contributed by atoms with van der Waals surface area (Å²) < 4.78 is 1.75. The molecule has 2 amide bonds. The number of carbonyl (C=O) groups excluding carboxylic acids is 2. The molecule has 0 saturated heterocycles. The molecule has 0 aliphatic heterocycles. The topological polar surface area (TPSA) is 107 Å². The van der Waals surface area contributed by atoms with E-state index in [4.69, 9.17) is 10.4 Å². The van der Waals surface area contributed by atoms with Crippen LogP contribution < -0.4 is 5.32 Å². The third-order valence-corrected chi connectivity index (χ3v) is 6.34. The lowest BCUT2D eigenvalue weighted by Crippen LogP contribution is -2.34. The van der Waals surface area contributed by atoms with Crippen LogP contribution in [0, 0.1) is 11.3 Å². The normalized spacial score (nSPS) is 11.0. The molecular weight excluding hydrogens is 490 g/mol. The number of anilines is 1. The van der Waals surface area contributed by atoms with Gasteiger partial charge in [-0.05, 0) is 69.9 Å². The van der Waals surface area contributed by atoms with Crippen molar-refractivity contribution in [1.29, 1.82) is 5.26 Å². The average Bonchev–Trinajstić information content (AvgIpc) is 3.35. The third kappa shape index (κ3) is 6.48. The van der Waals surface area contributed by atoms with Crippen LogP contribution in [0.1, 0.15) is 42.6 Å². The first-order valence-corrected chi connectivity index (χ1v) is 13.0. The Bertz CT molecular complexity index is 1520. The van der Waals surface area contributed by atoms with Crippen molar-refractivity contribution in [2.45, 2.75) is 26.7 Å². The van der Waals surface area contributed by atoms with Crippen LogP contribution in [0.4, 0.5) is 5.69 Å². The summed E-state index contributed by atoms with van der Waals surface area (Å²) in [6.07, 6.45) is 3.46. The van der Waals surface area contributed by atoms with E-state index in [-0.39, 0.29) is 11.8 Å². The summed E-state index contributed by atoms with van der Waals surface area (Å²) in [4.78, 5) is 34.1. The first-order chi connectivity index (χ1) is 18.8. The minimum atomic E-state index is -0.253. The van der Waals surface area contributed by atoms with Gasteiger partial charge >= 0.3 is 0 Å². The summed E-state index contributed by atoms with van der Waals surface area (Å²) in [5.41, 5.74) is 5.27. The Morgan fingerprint density at radius 1 is 1.00 bits per heavy atom. The van der Waals surface area contributed by atoms with Crippen molar-refractivity contribution in [3.05, 3.63) is 71.9 Å². The summed E-state index contributed by atoms with van der Waals surface area (Å²) in [7, 11) is 4.03. The first kappa shape index (κ1) is 27.5. The van der Waals surface area contributed by atoms with Gasteiger partial charge in [0.1, 0.15) is 0 Å². The van der Waals surface area contributed by atoms with Gasteiger partial charge in [0.15, 0.2) is 5.65 Å². The van der Waals surface area contributed by atoms with Crippen molar-refractivity contribution in [2.75, 3.05) is 39.0 Å². The van der Waals surface area contributed by atoms with Crippen molar-refractivity contribution in [3.63, 3.8) is 0 Å². The van der Waals surface area contributed by atoms with Gasteiger partial charge in [-0.15, -0.1) is 0 Å². The second-order valence-electron chi connectivity index (χ2n) is 9.71. The van der Waals surface area contributed by atoms with Crippen molar-refractivity contribution < 1.29 is 9.59 Å². The van der Waals surface area contributed by atoms with Crippen molar-refractivity contribution in [2.24, 2.45) is 0 Å². The standard InChI is InChI=1S/C30H33N7O2/c1-5-15-36(17-6-16-35(3)4)30(39)25-12-11-24(18-27(25)33-21(2)38)26-13-14-29-32-20-28(37(29)34-26)23-9-7-22(19-31)8-10-23/h7-14,18,20H,5-6,15-17H2,1-4H3,(H,33,38). The fraction of sp³-hybridized carbons (Fsp3) is 0.300. The summed E-state index contributed by atoms with van der Waals surface area (Å²) in [6.45, 7) is 5.65. The zero-order chi connectivity index (χ0) is 27.9. The molecule has 0 bridgehead atoms. The van der Waals surface area contributed by atoms with Gasteiger partial charge in [-0.1, -0.05) is 25.1 Å². The van der Waals surface area contributed by atoms with Gasteiger partial charge in [0.25, 0.3) is 5.91 Å². The number of nitrogens with one attached hydrogen (secondary N) is 1. The van der Waals surface area contributed by atoms with E-state index in [1.165, 1.54) is 6.92 Å². The molecule has 0 atom stereocenters. The molecule has 0 aliphatic carbocycles. The molecule has 9 nitrogen and oxygen atoms in total. The Labute approximate surface area is 228 Å². The van der Waals surface area contributed by atoms with Crippen LogP contribution in [0.15, 0.2) is 60.8 Å². The molecule has 0 unspecified atom stereocenters. The van der Waals surface area contributed by atoms with E-state index in [0.717, 1.165) is 36.2 Å². The van der Waals surface area contributed by atoms with E-state index in [1.807, 2.05) is 56.3 Å². The second kappa shape index (κ2) is 12.3. The zero-order valence-corrected chi connectivity index (χ0v) is 22.8. The number of nitriles is 1. The van der Waals surface area contributed by atoms with Gasteiger partial charge in [-0.3, -0.25) is 9.59 Å². The highest BCUT2D eigenvalue weighted by atomic mass is 16.2. The summed E-state index contributed by atoms with van der Waals surface area (Å²) in [5, 5.41) is 16.8. The minimum Gasteiger partial charge on any atom is -0.339 e.